The summed E-state index contributed by atoms with van der Waals surface area (Å²) >= 11 is 0. The molecule has 6 nitrogen and oxygen atoms in total. The molecule has 0 aromatic heterocycles. The molecule has 1 amide bonds. The minimum absolute atomic E-state index is 0.0858. The maximum Gasteiger partial charge on any atom is 0.239 e. The first-order valence-corrected chi connectivity index (χ1v) is 9.05. The van der Waals surface area contributed by atoms with Gasteiger partial charge >= 0.3 is 0 Å². The lowest BCUT2D eigenvalue weighted by Crippen LogP contribution is -2.47. The monoisotopic (exact) mass is 341 g/mol. The average molecular weight is 341 g/mol. The van der Waals surface area contributed by atoms with Gasteiger partial charge in [-0.3, -0.25) is 4.79 Å². The van der Waals surface area contributed by atoms with Crippen LogP contribution >= 0.6 is 0 Å². The summed E-state index contributed by atoms with van der Waals surface area (Å²) in [6, 6.07) is 8.78. The van der Waals surface area contributed by atoms with Gasteiger partial charge in [0.15, 0.2) is 5.96 Å². The first kappa shape index (κ1) is 17.3. The molecule has 0 atom stereocenters. The number of carbonyl (C=O) groups excluding carboxylic acids is 1. The van der Waals surface area contributed by atoms with Crippen molar-refractivity contribution in [3.8, 4) is 0 Å². The maximum atomic E-state index is 11.5. The molecule has 25 heavy (non-hydrogen) atoms. The van der Waals surface area contributed by atoms with Crippen molar-refractivity contribution in [2.24, 2.45) is 4.99 Å². The summed E-state index contributed by atoms with van der Waals surface area (Å²) in [4.78, 5) is 18.3. The molecule has 2 aliphatic rings. The summed E-state index contributed by atoms with van der Waals surface area (Å²) in [5.41, 5.74) is 2.25. The Balaban J connectivity index is 1.58. The zero-order valence-electron chi connectivity index (χ0n) is 14.8. The average Bonchev–Trinajstić information content (AvgIpc) is 3.13. The van der Waals surface area contributed by atoms with Crippen molar-refractivity contribution in [2.75, 3.05) is 31.1 Å². The molecular formula is C19H27N5O. The summed E-state index contributed by atoms with van der Waals surface area (Å²) in [6.45, 7) is 5.55. The van der Waals surface area contributed by atoms with Gasteiger partial charge in [0.2, 0.25) is 5.91 Å². The minimum atomic E-state index is 0.0858. The van der Waals surface area contributed by atoms with Gasteiger partial charge in [-0.1, -0.05) is 24.3 Å². The van der Waals surface area contributed by atoms with Crippen molar-refractivity contribution in [3.05, 3.63) is 42.0 Å². The number of anilines is 1. The highest BCUT2D eigenvalue weighted by Crippen LogP contribution is 2.16. The Morgan fingerprint density at radius 3 is 2.72 bits per heavy atom. The van der Waals surface area contributed by atoms with E-state index in [9.17, 15) is 4.79 Å². The smallest absolute Gasteiger partial charge is 0.239 e. The van der Waals surface area contributed by atoms with Crippen LogP contribution in [-0.2, 0) is 11.3 Å². The SMILES string of the molecule is CCNC(=NCc1ccc(N2CCNC(=O)C2)cc1)NC1CC=CC1. The lowest BCUT2D eigenvalue weighted by molar-refractivity contribution is -0.120. The quantitative estimate of drug-likeness (QED) is 0.430. The van der Waals surface area contributed by atoms with Gasteiger partial charge in [-0.25, -0.2) is 4.99 Å². The molecule has 6 heteroatoms. The van der Waals surface area contributed by atoms with Crippen LogP contribution < -0.4 is 20.9 Å². The maximum absolute atomic E-state index is 11.5. The number of rotatable bonds is 5. The Kier molecular flexibility index (Phi) is 5.93. The molecule has 0 bridgehead atoms. The molecule has 3 rings (SSSR count). The molecule has 1 aliphatic carbocycles. The Labute approximate surface area is 149 Å². The van der Waals surface area contributed by atoms with E-state index in [1.807, 2.05) is 0 Å². The number of piperazine rings is 1. The third-order valence-electron chi connectivity index (χ3n) is 4.45. The fraction of sp³-hybridized carbons (Fsp3) is 0.474. The van der Waals surface area contributed by atoms with Gasteiger partial charge in [-0.15, -0.1) is 0 Å². The van der Waals surface area contributed by atoms with Gasteiger partial charge in [0, 0.05) is 31.4 Å². The number of aliphatic imine (C=N–C) groups is 1. The first-order valence-electron chi connectivity index (χ1n) is 9.05. The Morgan fingerprint density at radius 2 is 2.04 bits per heavy atom. The third kappa shape index (κ3) is 4.98. The zero-order valence-corrected chi connectivity index (χ0v) is 14.8. The van der Waals surface area contributed by atoms with E-state index in [2.05, 4.69) is 64.2 Å². The minimum Gasteiger partial charge on any atom is -0.360 e. The molecule has 0 saturated carbocycles. The van der Waals surface area contributed by atoms with E-state index in [0.29, 0.717) is 25.7 Å². The highest BCUT2D eigenvalue weighted by Gasteiger charge is 2.16. The number of benzene rings is 1. The summed E-state index contributed by atoms with van der Waals surface area (Å²) in [5, 5.41) is 9.64. The van der Waals surface area contributed by atoms with E-state index >= 15 is 0 Å². The van der Waals surface area contributed by atoms with Crippen LogP contribution in [0.3, 0.4) is 0 Å². The lowest BCUT2D eigenvalue weighted by Gasteiger charge is -2.28. The van der Waals surface area contributed by atoms with Crippen molar-refractivity contribution in [1.29, 1.82) is 0 Å². The standard InChI is InChI=1S/C19H27N5O/c1-2-20-19(23-16-5-3-4-6-16)22-13-15-7-9-17(10-8-15)24-12-11-21-18(25)14-24/h3-4,7-10,16H,2,5-6,11-14H2,1H3,(H,21,25)(H2,20,22,23). The summed E-state index contributed by atoms with van der Waals surface area (Å²) in [5.74, 6) is 0.954. The molecule has 0 radical (unpaired) electrons. The molecule has 1 aromatic carbocycles. The van der Waals surface area contributed by atoms with Crippen molar-refractivity contribution in [2.45, 2.75) is 32.4 Å². The molecule has 1 heterocycles. The number of carbonyl (C=O) groups is 1. The van der Waals surface area contributed by atoms with Crippen molar-refractivity contribution >= 4 is 17.6 Å². The second-order valence-electron chi connectivity index (χ2n) is 6.42. The molecule has 1 aliphatic heterocycles. The second kappa shape index (κ2) is 8.55. The molecule has 134 valence electrons. The van der Waals surface area contributed by atoms with E-state index in [4.69, 9.17) is 4.99 Å². The van der Waals surface area contributed by atoms with E-state index in [1.165, 1.54) is 0 Å². The first-order chi connectivity index (χ1) is 12.2. The van der Waals surface area contributed by atoms with Crippen molar-refractivity contribution in [1.82, 2.24) is 16.0 Å². The number of amides is 1. The highest BCUT2D eigenvalue weighted by molar-refractivity contribution is 5.82. The largest absolute Gasteiger partial charge is 0.360 e. The normalized spacial score (nSPS) is 18.4. The van der Waals surface area contributed by atoms with E-state index in [1.54, 1.807) is 0 Å². The van der Waals surface area contributed by atoms with Crippen LogP contribution in [0.15, 0.2) is 41.4 Å². The third-order valence-corrected chi connectivity index (χ3v) is 4.45. The Bertz CT molecular complexity index is 630. The molecule has 3 N–H and O–H groups in total. The molecular weight excluding hydrogens is 314 g/mol. The lowest BCUT2D eigenvalue weighted by atomic mass is 10.2. The Morgan fingerprint density at radius 1 is 1.28 bits per heavy atom. The number of nitrogens with one attached hydrogen (secondary N) is 3. The van der Waals surface area contributed by atoms with Crippen LogP contribution in [0.2, 0.25) is 0 Å². The fourth-order valence-electron chi connectivity index (χ4n) is 3.09. The number of hydrogen-bond donors (Lipinski definition) is 3. The van der Waals surface area contributed by atoms with E-state index in [-0.39, 0.29) is 5.91 Å². The van der Waals surface area contributed by atoms with Crippen molar-refractivity contribution < 1.29 is 4.79 Å². The highest BCUT2D eigenvalue weighted by atomic mass is 16.2. The van der Waals surface area contributed by atoms with Crippen molar-refractivity contribution in [3.63, 3.8) is 0 Å². The van der Waals surface area contributed by atoms with Gasteiger partial charge < -0.3 is 20.9 Å². The zero-order chi connectivity index (χ0) is 17.5. The molecule has 0 spiro atoms. The topological polar surface area (TPSA) is 68.8 Å². The van der Waals surface area contributed by atoms with Crippen LogP contribution in [0.4, 0.5) is 5.69 Å². The molecule has 1 aromatic rings. The van der Waals surface area contributed by atoms with Crippen LogP contribution in [0.5, 0.6) is 0 Å². The van der Waals surface area contributed by atoms with Crippen LogP contribution in [-0.4, -0.2) is 44.1 Å². The summed E-state index contributed by atoms with van der Waals surface area (Å²) in [6.07, 6.45) is 6.53. The predicted molar refractivity (Wildman–Crippen MR) is 102 cm³/mol. The number of hydrogen-bond acceptors (Lipinski definition) is 3. The Hall–Kier alpha value is -2.50. The fourth-order valence-corrected chi connectivity index (χ4v) is 3.09. The number of nitrogens with zero attached hydrogens (tertiary/aromatic N) is 2. The summed E-state index contributed by atoms with van der Waals surface area (Å²) < 4.78 is 0. The van der Waals surface area contributed by atoms with Gasteiger partial charge in [-0.2, -0.15) is 0 Å². The molecule has 0 unspecified atom stereocenters. The van der Waals surface area contributed by atoms with E-state index < -0.39 is 0 Å². The van der Waals surface area contributed by atoms with Crippen LogP contribution in [0.1, 0.15) is 25.3 Å². The van der Waals surface area contributed by atoms with Gasteiger partial charge in [-0.05, 0) is 37.5 Å². The van der Waals surface area contributed by atoms with Crippen LogP contribution in [0, 0.1) is 0 Å². The van der Waals surface area contributed by atoms with E-state index in [0.717, 1.165) is 43.1 Å². The van der Waals surface area contributed by atoms with Gasteiger partial charge in [0.25, 0.3) is 0 Å². The second-order valence-corrected chi connectivity index (χ2v) is 6.42. The number of guanidine groups is 1. The predicted octanol–water partition coefficient (Wildman–Crippen LogP) is 1.40. The summed E-state index contributed by atoms with van der Waals surface area (Å²) in [7, 11) is 0. The van der Waals surface area contributed by atoms with Crippen LogP contribution in [0.25, 0.3) is 0 Å². The van der Waals surface area contributed by atoms with Gasteiger partial charge in [0.05, 0.1) is 13.1 Å². The molecule has 1 fully saturated rings. The van der Waals surface area contributed by atoms with Gasteiger partial charge in [0.1, 0.15) is 0 Å². The molecule has 1 saturated heterocycles.